The van der Waals surface area contributed by atoms with Crippen LogP contribution in [0.2, 0.25) is 0 Å². The van der Waals surface area contributed by atoms with Crippen molar-refractivity contribution in [2.24, 2.45) is 5.73 Å². The smallest absolute Gasteiger partial charge is 0.145 e. The number of aldehydes is 1. The Balaban J connectivity index is 3.00. The van der Waals surface area contributed by atoms with Gasteiger partial charge in [0.1, 0.15) is 19.1 Å². The summed E-state index contributed by atoms with van der Waals surface area (Å²) in [6, 6.07) is 0. The molecule has 1 atom stereocenters. The summed E-state index contributed by atoms with van der Waals surface area (Å²) in [5.74, 6) is 0. The first kappa shape index (κ1) is 15.5. The van der Waals surface area contributed by atoms with Gasteiger partial charge >= 0.3 is 0 Å². The highest BCUT2D eigenvalue weighted by atomic mass is 16.6. The van der Waals surface area contributed by atoms with Crippen molar-refractivity contribution in [1.29, 1.82) is 0 Å². The standard InChI is InChI=1S/C10H21NO5/c1-2-16-10(11)9-15-8-7-14-6-5-13-4-3-12/h3,10H,2,4-9,11H2,1H3. The Hall–Kier alpha value is -0.530. The van der Waals surface area contributed by atoms with Gasteiger partial charge in [0.05, 0.1) is 33.0 Å². The summed E-state index contributed by atoms with van der Waals surface area (Å²) in [5.41, 5.74) is 5.54. The minimum atomic E-state index is -0.374. The monoisotopic (exact) mass is 235 g/mol. The van der Waals surface area contributed by atoms with Crippen LogP contribution in [0.3, 0.4) is 0 Å². The van der Waals surface area contributed by atoms with E-state index in [0.717, 1.165) is 0 Å². The summed E-state index contributed by atoms with van der Waals surface area (Å²) in [6.45, 7) is 4.74. The molecule has 0 heterocycles. The Morgan fingerprint density at radius 2 is 1.75 bits per heavy atom. The van der Waals surface area contributed by atoms with Crippen LogP contribution in [-0.2, 0) is 23.7 Å². The van der Waals surface area contributed by atoms with Gasteiger partial charge in [0.15, 0.2) is 0 Å². The van der Waals surface area contributed by atoms with Gasteiger partial charge in [-0.05, 0) is 6.92 Å². The molecule has 2 N–H and O–H groups in total. The average Bonchev–Trinajstić information content (AvgIpc) is 2.27. The first-order valence-electron chi connectivity index (χ1n) is 5.35. The first-order valence-corrected chi connectivity index (χ1v) is 5.35. The molecule has 96 valence electrons. The maximum atomic E-state index is 9.89. The molecular formula is C10H21NO5. The van der Waals surface area contributed by atoms with Crippen LogP contribution in [0.25, 0.3) is 0 Å². The quantitative estimate of drug-likeness (QED) is 0.280. The topological polar surface area (TPSA) is 80.0 Å². The van der Waals surface area contributed by atoms with E-state index in [1.165, 1.54) is 0 Å². The van der Waals surface area contributed by atoms with Gasteiger partial charge in [0.2, 0.25) is 0 Å². The molecule has 1 unspecified atom stereocenters. The second-order valence-electron chi connectivity index (χ2n) is 2.92. The fourth-order valence-electron chi connectivity index (χ4n) is 0.931. The van der Waals surface area contributed by atoms with Crippen molar-refractivity contribution in [3.63, 3.8) is 0 Å². The Bertz CT molecular complexity index is 156. The number of carbonyl (C=O) groups is 1. The zero-order chi connectivity index (χ0) is 12.1. The Kier molecular flexibility index (Phi) is 12.1. The lowest BCUT2D eigenvalue weighted by Gasteiger charge is -2.11. The summed E-state index contributed by atoms with van der Waals surface area (Å²) < 4.78 is 20.3. The van der Waals surface area contributed by atoms with Gasteiger partial charge in [-0.15, -0.1) is 0 Å². The van der Waals surface area contributed by atoms with Crippen molar-refractivity contribution in [3.05, 3.63) is 0 Å². The highest BCUT2D eigenvalue weighted by molar-refractivity contribution is 5.50. The third-order valence-corrected chi connectivity index (χ3v) is 1.59. The number of nitrogens with two attached hydrogens (primary N) is 1. The normalized spacial score (nSPS) is 12.6. The van der Waals surface area contributed by atoms with E-state index in [-0.39, 0.29) is 12.8 Å². The Morgan fingerprint density at radius 3 is 2.38 bits per heavy atom. The second kappa shape index (κ2) is 12.5. The number of carbonyl (C=O) groups excluding carboxylic acids is 1. The van der Waals surface area contributed by atoms with Crippen molar-refractivity contribution in [3.8, 4) is 0 Å². The third kappa shape index (κ3) is 11.5. The summed E-state index contributed by atoms with van der Waals surface area (Å²) in [4.78, 5) is 9.89. The predicted octanol–water partition coefficient (Wildman–Crippen LogP) is -0.444. The summed E-state index contributed by atoms with van der Waals surface area (Å²) >= 11 is 0. The highest BCUT2D eigenvalue weighted by Gasteiger charge is 2.00. The molecule has 0 bridgehead atoms. The van der Waals surface area contributed by atoms with Crippen LogP contribution in [0.1, 0.15) is 6.92 Å². The lowest BCUT2D eigenvalue weighted by atomic mass is 10.6. The number of hydrogen-bond acceptors (Lipinski definition) is 6. The minimum absolute atomic E-state index is 0.114. The van der Waals surface area contributed by atoms with Crippen LogP contribution in [-0.4, -0.2) is 58.8 Å². The van der Waals surface area contributed by atoms with E-state index in [9.17, 15) is 4.79 Å². The Morgan fingerprint density at radius 1 is 1.12 bits per heavy atom. The zero-order valence-electron chi connectivity index (χ0n) is 9.72. The van der Waals surface area contributed by atoms with E-state index in [4.69, 9.17) is 24.7 Å². The molecule has 0 saturated carbocycles. The second-order valence-corrected chi connectivity index (χ2v) is 2.92. The van der Waals surface area contributed by atoms with E-state index < -0.39 is 0 Å². The summed E-state index contributed by atoms with van der Waals surface area (Å²) in [5, 5.41) is 0. The van der Waals surface area contributed by atoms with E-state index in [0.29, 0.717) is 45.9 Å². The first-order chi connectivity index (χ1) is 7.81. The molecule has 0 aliphatic carbocycles. The molecule has 6 nitrogen and oxygen atoms in total. The van der Waals surface area contributed by atoms with E-state index in [2.05, 4.69) is 0 Å². The zero-order valence-corrected chi connectivity index (χ0v) is 9.72. The van der Waals surface area contributed by atoms with Crippen molar-refractivity contribution in [2.75, 3.05) is 46.2 Å². The lowest BCUT2D eigenvalue weighted by Crippen LogP contribution is -2.30. The molecule has 0 aromatic carbocycles. The average molecular weight is 235 g/mol. The summed E-state index contributed by atoms with van der Waals surface area (Å²) in [6.07, 6.45) is 0.332. The highest BCUT2D eigenvalue weighted by Crippen LogP contribution is 1.86. The molecule has 16 heavy (non-hydrogen) atoms. The fraction of sp³-hybridized carbons (Fsp3) is 0.900. The van der Waals surface area contributed by atoms with E-state index in [1.807, 2.05) is 6.92 Å². The lowest BCUT2D eigenvalue weighted by molar-refractivity contribution is -0.112. The molecule has 0 aromatic heterocycles. The van der Waals surface area contributed by atoms with Gasteiger partial charge in [-0.25, -0.2) is 0 Å². The summed E-state index contributed by atoms with van der Waals surface area (Å²) in [7, 11) is 0. The van der Waals surface area contributed by atoms with Crippen molar-refractivity contribution < 1.29 is 23.7 Å². The van der Waals surface area contributed by atoms with Crippen molar-refractivity contribution >= 4 is 6.29 Å². The molecule has 0 fully saturated rings. The van der Waals surface area contributed by atoms with Gasteiger partial charge in [-0.1, -0.05) is 0 Å². The third-order valence-electron chi connectivity index (χ3n) is 1.59. The molecule has 0 saturated heterocycles. The van der Waals surface area contributed by atoms with Gasteiger partial charge in [0, 0.05) is 6.61 Å². The van der Waals surface area contributed by atoms with Crippen LogP contribution in [0.15, 0.2) is 0 Å². The van der Waals surface area contributed by atoms with E-state index >= 15 is 0 Å². The molecule has 0 rings (SSSR count). The Labute approximate surface area is 96.0 Å². The predicted molar refractivity (Wildman–Crippen MR) is 58.1 cm³/mol. The van der Waals surface area contributed by atoms with Crippen molar-refractivity contribution in [1.82, 2.24) is 0 Å². The SMILES string of the molecule is CCOC(N)COCCOCCOCC=O. The van der Waals surface area contributed by atoms with Crippen LogP contribution in [0.5, 0.6) is 0 Å². The maximum Gasteiger partial charge on any atom is 0.145 e. The van der Waals surface area contributed by atoms with Crippen LogP contribution >= 0.6 is 0 Å². The molecule has 0 spiro atoms. The molecule has 0 radical (unpaired) electrons. The van der Waals surface area contributed by atoms with Gasteiger partial charge in [0.25, 0.3) is 0 Å². The molecule has 0 aliphatic rings. The molecule has 0 aromatic rings. The van der Waals surface area contributed by atoms with E-state index in [1.54, 1.807) is 0 Å². The minimum Gasteiger partial charge on any atom is -0.377 e. The maximum absolute atomic E-state index is 9.89. The van der Waals surface area contributed by atoms with Gasteiger partial charge < -0.3 is 29.5 Å². The molecular weight excluding hydrogens is 214 g/mol. The molecule has 6 heteroatoms. The molecule has 0 amide bonds. The van der Waals surface area contributed by atoms with Crippen LogP contribution in [0, 0.1) is 0 Å². The van der Waals surface area contributed by atoms with Gasteiger partial charge in [-0.2, -0.15) is 0 Å². The van der Waals surface area contributed by atoms with Crippen LogP contribution < -0.4 is 5.73 Å². The molecule has 0 aliphatic heterocycles. The fourth-order valence-corrected chi connectivity index (χ4v) is 0.931. The number of rotatable bonds is 12. The number of hydrogen-bond donors (Lipinski definition) is 1. The van der Waals surface area contributed by atoms with Crippen molar-refractivity contribution in [2.45, 2.75) is 13.2 Å². The number of ether oxygens (including phenoxy) is 4. The largest absolute Gasteiger partial charge is 0.377 e. The van der Waals surface area contributed by atoms with Crippen LogP contribution in [0.4, 0.5) is 0 Å². The van der Waals surface area contributed by atoms with Gasteiger partial charge in [-0.3, -0.25) is 0 Å².